The number of carbonyl (C=O) groups excluding carboxylic acids is 1. The van der Waals surface area contributed by atoms with Gasteiger partial charge in [-0.3, -0.25) is 4.79 Å². The van der Waals surface area contributed by atoms with Gasteiger partial charge in [-0.1, -0.05) is 69.4 Å². The predicted octanol–water partition coefficient (Wildman–Crippen LogP) is 4.17. The summed E-state index contributed by atoms with van der Waals surface area (Å²) in [5.41, 5.74) is 0.952. The fraction of sp³-hybridized carbons (Fsp3) is 0.529. The molecule has 0 saturated heterocycles. The summed E-state index contributed by atoms with van der Waals surface area (Å²) in [7, 11) is 0. The minimum atomic E-state index is -0.458. The van der Waals surface area contributed by atoms with Crippen LogP contribution in [0.3, 0.4) is 0 Å². The zero-order valence-corrected chi connectivity index (χ0v) is 12.7. The topological polar surface area (TPSA) is 58.9 Å². The summed E-state index contributed by atoms with van der Waals surface area (Å²) in [5, 5.41) is 11.7. The van der Waals surface area contributed by atoms with Gasteiger partial charge < -0.3 is 9.94 Å². The molecule has 116 valence electrons. The number of carbonyl (C=O) groups is 1. The molecule has 0 aromatic heterocycles. The van der Waals surface area contributed by atoms with E-state index in [-0.39, 0.29) is 12.6 Å². The molecule has 21 heavy (non-hydrogen) atoms. The molecule has 0 aliphatic heterocycles. The molecule has 1 aromatic carbocycles. The van der Waals surface area contributed by atoms with Crippen molar-refractivity contribution in [1.29, 1.82) is 0 Å². The first-order chi connectivity index (χ1) is 10.3. The number of hydrogen-bond donors (Lipinski definition) is 1. The highest BCUT2D eigenvalue weighted by molar-refractivity contribution is 5.89. The molecule has 4 heteroatoms. The minimum absolute atomic E-state index is 0.255. The van der Waals surface area contributed by atoms with Crippen molar-refractivity contribution >= 4 is 12.2 Å². The number of rotatable bonds is 10. The molecule has 0 saturated carbocycles. The highest BCUT2D eigenvalue weighted by Gasteiger charge is 2.18. The van der Waals surface area contributed by atoms with Gasteiger partial charge in [0.15, 0.2) is 0 Å². The van der Waals surface area contributed by atoms with E-state index in [9.17, 15) is 4.79 Å². The van der Waals surface area contributed by atoms with Crippen LogP contribution >= 0.6 is 0 Å². The summed E-state index contributed by atoms with van der Waals surface area (Å²) in [5.74, 6) is -0.785. The molecule has 1 N–H and O–H groups in total. The standard InChI is InChI=1S/C17H25NO3/c1-2-3-4-5-9-12-16(13-18-20)17(19)21-14-15-10-7-6-8-11-15/h6-8,10-11,13,16,20H,2-5,9,12,14H2,1H3/b18-13-. The Labute approximate surface area is 126 Å². The van der Waals surface area contributed by atoms with Crippen molar-refractivity contribution in [1.82, 2.24) is 0 Å². The predicted molar refractivity (Wildman–Crippen MR) is 83.4 cm³/mol. The summed E-state index contributed by atoms with van der Waals surface area (Å²) in [6.45, 7) is 2.42. The molecule has 0 fully saturated rings. The zero-order chi connectivity index (χ0) is 15.3. The highest BCUT2D eigenvalue weighted by Crippen LogP contribution is 2.13. The summed E-state index contributed by atoms with van der Waals surface area (Å²) in [4.78, 5) is 12.0. The van der Waals surface area contributed by atoms with E-state index < -0.39 is 5.92 Å². The average Bonchev–Trinajstić information content (AvgIpc) is 2.52. The molecule has 0 bridgehead atoms. The average molecular weight is 291 g/mol. The van der Waals surface area contributed by atoms with E-state index >= 15 is 0 Å². The number of unbranched alkanes of at least 4 members (excludes halogenated alkanes) is 4. The van der Waals surface area contributed by atoms with Crippen molar-refractivity contribution in [2.75, 3.05) is 0 Å². The lowest BCUT2D eigenvalue weighted by Gasteiger charge is -2.11. The summed E-state index contributed by atoms with van der Waals surface area (Å²) >= 11 is 0. The Balaban J connectivity index is 2.35. The minimum Gasteiger partial charge on any atom is -0.460 e. The lowest BCUT2D eigenvalue weighted by Crippen LogP contribution is -2.19. The molecule has 1 unspecified atom stereocenters. The Morgan fingerprint density at radius 1 is 1.24 bits per heavy atom. The van der Waals surface area contributed by atoms with Gasteiger partial charge in [-0.05, 0) is 12.0 Å². The summed E-state index contributed by atoms with van der Waals surface area (Å²) in [6.07, 6.45) is 7.57. The molecule has 1 rings (SSSR count). The molecule has 1 atom stereocenters. The zero-order valence-electron chi connectivity index (χ0n) is 12.7. The Hall–Kier alpha value is -1.84. The molecule has 0 heterocycles. The van der Waals surface area contributed by atoms with Crippen LogP contribution in [-0.4, -0.2) is 17.4 Å². The Kier molecular flexibility index (Phi) is 8.93. The second-order valence-electron chi connectivity index (χ2n) is 5.17. The quantitative estimate of drug-likeness (QED) is 0.231. The third-order valence-electron chi connectivity index (χ3n) is 3.39. The van der Waals surface area contributed by atoms with Crippen LogP contribution in [0.25, 0.3) is 0 Å². The fourth-order valence-electron chi connectivity index (χ4n) is 2.14. The van der Waals surface area contributed by atoms with Gasteiger partial charge in [0.25, 0.3) is 0 Å². The van der Waals surface area contributed by atoms with Gasteiger partial charge in [-0.25, -0.2) is 0 Å². The SMILES string of the molecule is CCCCCCCC(/C=N\O)C(=O)OCc1ccccc1. The van der Waals surface area contributed by atoms with Crippen LogP contribution in [0.4, 0.5) is 0 Å². The van der Waals surface area contributed by atoms with Crippen LogP contribution in [0.5, 0.6) is 0 Å². The smallest absolute Gasteiger partial charge is 0.314 e. The first kappa shape index (κ1) is 17.2. The molecule has 0 spiro atoms. The molecule has 0 amide bonds. The van der Waals surface area contributed by atoms with Gasteiger partial charge in [0.1, 0.15) is 6.61 Å². The van der Waals surface area contributed by atoms with E-state index in [4.69, 9.17) is 9.94 Å². The van der Waals surface area contributed by atoms with Gasteiger partial charge in [0, 0.05) is 0 Å². The molecular formula is C17H25NO3. The summed E-state index contributed by atoms with van der Waals surface area (Å²) < 4.78 is 5.28. The molecular weight excluding hydrogens is 266 g/mol. The first-order valence-corrected chi connectivity index (χ1v) is 7.66. The number of oxime groups is 1. The number of esters is 1. The normalized spacial score (nSPS) is 12.4. The monoisotopic (exact) mass is 291 g/mol. The second kappa shape index (κ2) is 10.9. The van der Waals surface area contributed by atoms with E-state index in [1.54, 1.807) is 0 Å². The van der Waals surface area contributed by atoms with Crippen molar-refractivity contribution in [3.8, 4) is 0 Å². The van der Waals surface area contributed by atoms with Crippen molar-refractivity contribution in [2.45, 2.75) is 52.1 Å². The summed E-state index contributed by atoms with van der Waals surface area (Å²) in [6, 6.07) is 9.55. The maximum Gasteiger partial charge on any atom is 0.314 e. The third kappa shape index (κ3) is 7.49. The van der Waals surface area contributed by atoms with Crippen LogP contribution in [0.15, 0.2) is 35.5 Å². The van der Waals surface area contributed by atoms with Crippen molar-refractivity contribution in [3.63, 3.8) is 0 Å². The van der Waals surface area contributed by atoms with E-state index in [1.165, 1.54) is 25.5 Å². The molecule has 1 aromatic rings. The number of ether oxygens (including phenoxy) is 1. The lowest BCUT2D eigenvalue weighted by atomic mass is 10.0. The fourth-order valence-corrected chi connectivity index (χ4v) is 2.14. The maximum absolute atomic E-state index is 12.0. The van der Waals surface area contributed by atoms with E-state index in [2.05, 4.69) is 12.1 Å². The highest BCUT2D eigenvalue weighted by atomic mass is 16.5. The second-order valence-corrected chi connectivity index (χ2v) is 5.17. The van der Waals surface area contributed by atoms with Crippen LogP contribution in [0, 0.1) is 5.92 Å². The number of nitrogens with zero attached hydrogens (tertiary/aromatic N) is 1. The Morgan fingerprint density at radius 3 is 2.62 bits per heavy atom. The molecule has 4 nitrogen and oxygen atoms in total. The van der Waals surface area contributed by atoms with Crippen LogP contribution in [0.1, 0.15) is 51.0 Å². The third-order valence-corrected chi connectivity index (χ3v) is 3.39. The van der Waals surface area contributed by atoms with Crippen molar-refractivity contribution in [2.24, 2.45) is 11.1 Å². The number of benzene rings is 1. The van der Waals surface area contributed by atoms with Gasteiger partial charge in [0.2, 0.25) is 0 Å². The first-order valence-electron chi connectivity index (χ1n) is 7.66. The molecule has 0 aliphatic rings. The lowest BCUT2D eigenvalue weighted by molar-refractivity contribution is -0.147. The van der Waals surface area contributed by atoms with Crippen LogP contribution < -0.4 is 0 Å². The van der Waals surface area contributed by atoms with E-state index in [0.717, 1.165) is 18.4 Å². The largest absolute Gasteiger partial charge is 0.460 e. The van der Waals surface area contributed by atoms with E-state index in [0.29, 0.717) is 6.42 Å². The van der Waals surface area contributed by atoms with Gasteiger partial charge in [0.05, 0.1) is 12.1 Å². The van der Waals surface area contributed by atoms with Gasteiger partial charge >= 0.3 is 5.97 Å². The van der Waals surface area contributed by atoms with E-state index in [1.807, 2.05) is 30.3 Å². The van der Waals surface area contributed by atoms with Gasteiger partial charge in [-0.2, -0.15) is 0 Å². The molecule has 0 radical (unpaired) electrons. The Bertz CT molecular complexity index is 417. The molecule has 0 aliphatic carbocycles. The van der Waals surface area contributed by atoms with Gasteiger partial charge in [-0.15, -0.1) is 5.16 Å². The maximum atomic E-state index is 12.0. The number of hydrogen-bond acceptors (Lipinski definition) is 4. The van der Waals surface area contributed by atoms with Crippen molar-refractivity contribution < 1.29 is 14.7 Å². The van der Waals surface area contributed by atoms with Crippen molar-refractivity contribution in [3.05, 3.63) is 35.9 Å². The Morgan fingerprint density at radius 2 is 1.95 bits per heavy atom. The van der Waals surface area contributed by atoms with Crippen LogP contribution in [-0.2, 0) is 16.1 Å². The van der Waals surface area contributed by atoms with Crippen LogP contribution in [0.2, 0.25) is 0 Å².